The third kappa shape index (κ3) is 3.61. The summed E-state index contributed by atoms with van der Waals surface area (Å²) < 4.78 is 15.4. The predicted molar refractivity (Wildman–Crippen MR) is 98.2 cm³/mol. The van der Waals surface area contributed by atoms with Gasteiger partial charge in [0.15, 0.2) is 5.82 Å². The molecule has 4 rings (SSSR count). The molecule has 0 bridgehead atoms. The molecule has 2 fully saturated rings. The number of H-pyrrole nitrogens is 1. The smallest absolute Gasteiger partial charge is 0.257 e. The maximum Gasteiger partial charge on any atom is 0.257 e. The Morgan fingerprint density at radius 3 is 2.81 bits per heavy atom. The highest BCUT2D eigenvalue weighted by Crippen LogP contribution is 2.35. The van der Waals surface area contributed by atoms with Crippen molar-refractivity contribution in [3.8, 4) is 0 Å². The fraction of sp³-hybridized carbons (Fsp3) is 0.684. The van der Waals surface area contributed by atoms with Gasteiger partial charge in [-0.3, -0.25) is 19.0 Å². The van der Waals surface area contributed by atoms with Crippen LogP contribution in [-0.4, -0.2) is 55.5 Å². The molecule has 0 aromatic carbocycles. The quantitative estimate of drug-likeness (QED) is 0.873. The summed E-state index contributed by atoms with van der Waals surface area (Å²) >= 11 is 0. The Hall–Kier alpha value is -2.25. The third-order valence-electron chi connectivity index (χ3n) is 5.97. The molecule has 7 nitrogen and oxygen atoms in total. The molecule has 2 aromatic rings. The van der Waals surface area contributed by atoms with Gasteiger partial charge in [0.25, 0.3) is 5.91 Å². The maximum absolute atomic E-state index is 13.7. The first-order chi connectivity index (χ1) is 13.2. The van der Waals surface area contributed by atoms with Crippen molar-refractivity contribution >= 4 is 5.91 Å². The van der Waals surface area contributed by atoms with E-state index in [4.69, 9.17) is 4.98 Å². The van der Waals surface area contributed by atoms with Crippen LogP contribution in [0.3, 0.4) is 0 Å². The molecule has 27 heavy (non-hydrogen) atoms. The van der Waals surface area contributed by atoms with Crippen LogP contribution in [0, 0.1) is 5.92 Å². The molecule has 1 aliphatic heterocycles. The van der Waals surface area contributed by atoms with Crippen LogP contribution in [0.1, 0.15) is 72.9 Å². The van der Waals surface area contributed by atoms with Crippen LogP contribution in [0.4, 0.5) is 4.39 Å². The van der Waals surface area contributed by atoms with Crippen molar-refractivity contribution in [2.45, 2.75) is 57.4 Å². The fourth-order valence-corrected chi connectivity index (χ4v) is 4.33. The van der Waals surface area contributed by atoms with E-state index in [-0.39, 0.29) is 17.7 Å². The number of hydrogen-bond acceptors (Lipinski definition) is 4. The first kappa shape index (κ1) is 18.1. The SMILES string of the molecule is CCn1cc(C(=O)N2C[C@@H](CF)[C@H](c3nc(C4CCCCC4)n[nH]3)C2)cn1. The number of hydrogen-bond donors (Lipinski definition) is 1. The highest BCUT2D eigenvalue weighted by Gasteiger charge is 2.39. The molecule has 0 radical (unpaired) electrons. The van der Waals surface area contributed by atoms with Gasteiger partial charge in [0.05, 0.1) is 18.4 Å². The van der Waals surface area contributed by atoms with E-state index in [1.807, 2.05) is 6.92 Å². The van der Waals surface area contributed by atoms with Crippen molar-refractivity contribution in [1.82, 2.24) is 29.9 Å². The van der Waals surface area contributed by atoms with Gasteiger partial charge >= 0.3 is 0 Å². The number of carbonyl (C=O) groups is 1. The lowest BCUT2D eigenvalue weighted by atomic mass is 9.89. The van der Waals surface area contributed by atoms with Gasteiger partial charge in [-0.15, -0.1) is 0 Å². The average Bonchev–Trinajstić information content (AvgIpc) is 3.46. The van der Waals surface area contributed by atoms with Gasteiger partial charge in [-0.1, -0.05) is 19.3 Å². The number of alkyl halides is 1. The van der Waals surface area contributed by atoms with Crippen molar-refractivity contribution in [3.63, 3.8) is 0 Å². The minimum absolute atomic E-state index is 0.0948. The summed E-state index contributed by atoms with van der Waals surface area (Å²) in [5.41, 5.74) is 0.551. The second-order valence-electron chi connectivity index (χ2n) is 7.73. The summed E-state index contributed by atoms with van der Waals surface area (Å²) in [4.78, 5) is 19.2. The molecule has 2 aliphatic rings. The highest BCUT2D eigenvalue weighted by molar-refractivity contribution is 5.94. The normalized spacial score (nSPS) is 23.9. The van der Waals surface area contributed by atoms with Crippen molar-refractivity contribution in [2.75, 3.05) is 19.8 Å². The molecule has 146 valence electrons. The first-order valence-electron chi connectivity index (χ1n) is 9.99. The number of likely N-dealkylation sites (tertiary alicyclic amines) is 1. The molecular weight excluding hydrogens is 347 g/mol. The Morgan fingerprint density at radius 1 is 1.30 bits per heavy atom. The Balaban J connectivity index is 1.48. The zero-order valence-electron chi connectivity index (χ0n) is 15.8. The molecule has 2 aromatic heterocycles. The largest absolute Gasteiger partial charge is 0.337 e. The average molecular weight is 374 g/mol. The molecule has 2 atom stereocenters. The number of aromatic nitrogens is 5. The van der Waals surface area contributed by atoms with Crippen LogP contribution >= 0.6 is 0 Å². The van der Waals surface area contributed by atoms with Crippen molar-refractivity contribution in [3.05, 3.63) is 29.6 Å². The van der Waals surface area contributed by atoms with Gasteiger partial charge < -0.3 is 4.90 Å². The van der Waals surface area contributed by atoms with Crippen LogP contribution in [0.15, 0.2) is 12.4 Å². The molecule has 1 saturated carbocycles. The maximum atomic E-state index is 13.7. The summed E-state index contributed by atoms with van der Waals surface area (Å²) in [5.74, 6) is 1.51. The van der Waals surface area contributed by atoms with Gasteiger partial charge in [0, 0.05) is 43.6 Å². The third-order valence-corrected chi connectivity index (χ3v) is 5.97. The monoisotopic (exact) mass is 374 g/mol. The number of carbonyl (C=O) groups excluding carboxylic acids is 1. The highest BCUT2D eigenvalue weighted by atomic mass is 19.1. The Kier molecular flexibility index (Phi) is 5.22. The van der Waals surface area contributed by atoms with Crippen LogP contribution in [-0.2, 0) is 6.54 Å². The Morgan fingerprint density at radius 2 is 2.11 bits per heavy atom. The molecule has 8 heteroatoms. The van der Waals surface area contributed by atoms with E-state index in [2.05, 4.69) is 15.3 Å². The molecular formula is C19H27FN6O. The number of aryl methyl sites for hydroxylation is 1. The van der Waals surface area contributed by atoms with Crippen LogP contribution in [0.2, 0.25) is 0 Å². The lowest BCUT2D eigenvalue weighted by Gasteiger charge is -2.18. The van der Waals surface area contributed by atoms with Gasteiger partial charge in [-0.25, -0.2) is 4.98 Å². The van der Waals surface area contributed by atoms with Gasteiger partial charge in [0.1, 0.15) is 5.82 Å². The van der Waals surface area contributed by atoms with Crippen molar-refractivity contribution in [1.29, 1.82) is 0 Å². The number of nitrogens with zero attached hydrogens (tertiary/aromatic N) is 5. The predicted octanol–water partition coefficient (Wildman–Crippen LogP) is 2.89. The standard InChI is InChI=1S/C19H27FN6O/c1-2-26-11-15(9-21-26)19(27)25-10-14(8-20)16(12-25)18-22-17(23-24-18)13-6-4-3-5-7-13/h9,11,13-14,16H,2-8,10,12H2,1H3,(H,22,23,24)/t14-,16-/m1/s1. The lowest BCUT2D eigenvalue weighted by Crippen LogP contribution is -2.28. The zero-order valence-corrected chi connectivity index (χ0v) is 15.8. The summed E-state index contributed by atoms with van der Waals surface area (Å²) in [6.07, 6.45) is 9.31. The minimum Gasteiger partial charge on any atom is -0.337 e. The lowest BCUT2D eigenvalue weighted by molar-refractivity contribution is 0.0784. The zero-order chi connectivity index (χ0) is 18.8. The molecule has 1 amide bonds. The summed E-state index contributed by atoms with van der Waals surface area (Å²) in [6, 6.07) is 0. The second-order valence-corrected chi connectivity index (χ2v) is 7.73. The molecule has 0 unspecified atom stereocenters. The summed E-state index contributed by atoms with van der Waals surface area (Å²) in [5, 5.41) is 11.6. The number of nitrogens with one attached hydrogen (secondary N) is 1. The van der Waals surface area contributed by atoms with Crippen LogP contribution < -0.4 is 0 Å². The van der Waals surface area contributed by atoms with E-state index in [1.54, 1.807) is 22.0 Å². The second kappa shape index (κ2) is 7.78. The topological polar surface area (TPSA) is 79.7 Å². The molecule has 1 N–H and O–H groups in total. The molecule has 1 saturated heterocycles. The van der Waals surface area contributed by atoms with Crippen molar-refractivity contribution < 1.29 is 9.18 Å². The first-order valence-corrected chi connectivity index (χ1v) is 9.99. The van der Waals surface area contributed by atoms with E-state index >= 15 is 0 Å². The number of halogens is 1. The number of rotatable bonds is 5. The summed E-state index contributed by atoms with van der Waals surface area (Å²) in [6.45, 7) is 3.08. The Labute approximate surface area is 158 Å². The van der Waals surface area contributed by atoms with E-state index in [1.165, 1.54) is 19.3 Å². The van der Waals surface area contributed by atoms with Gasteiger partial charge in [-0.2, -0.15) is 10.2 Å². The van der Waals surface area contributed by atoms with Crippen LogP contribution in [0.5, 0.6) is 0 Å². The van der Waals surface area contributed by atoms with Gasteiger partial charge in [0.2, 0.25) is 0 Å². The van der Waals surface area contributed by atoms with Gasteiger partial charge in [-0.05, 0) is 19.8 Å². The minimum atomic E-state index is -0.470. The fourth-order valence-electron chi connectivity index (χ4n) is 4.33. The van der Waals surface area contributed by atoms with E-state index < -0.39 is 6.67 Å². The molecule has 1 aliphatic carbocycles. The van der Waals surface area contributed by atoms with E-state index in [9.17, 15) is 9.18 Å². The van der Waals surface area contributed by atoms with Crippen molar-refractivity contribution in [2.24, 2.45) is 5.92 Å². The molecule has 0 spiro atoms. The van der Waals surface area contributed by atoms with Crippen LogP contribution in [0.25, 0.3) is 0 Å². The van der Waals surface area contributed by atoms with E-state index in [0.717, 1.165) is 24.5 Å². The van der Waals surface area contributed by atoms with E-state index in [0.29, 0.717) is 31.1 Å². The summed E-state index contributed by atoms with van der Waals surface area (Å²) in [7, 11) is 0. The number of aromatic amines is 1. The number of amides is 1. The Bertz CT molecular complexity index is 781. The molecule has 3 heterocycles.